The Morgan fingerprint density at radius 3 is 2.35 bits per heavy atom. The number of halogens is 2. The van der Waals surface area contributed by atoms with Crippen molar-refractivity contribution in [1.82, 2.24) is 9.55 Å². The summed E-state index contributed by atoms with van der Waals surface area (Å²) in [5.41, 5.74) is -3.96. The number of rotatable bonds is 9. The molecule has 1 aromatic heterocycles. The zero-order chi connectivity index (χ0) is 23.8. The lowest BCUT2D eigenvalue weighted by Gasteiger charge is -2.27. The van der Waals surface area contributed by atoms with Crippen LogP contribution in [-0.2, 0) is 31.6 Å². The van der Waals surface area contributed by atoms with Crippen molar-refractivity contribution in [2.75, 3.05) is 13.3 Å². The minimum atomic E-state index is -5.82. The van der Waals surface area contributed by atoms with Gasteiger partial charge in [-0.05, 0) is 6.07 Å². The summed E-state index contributed by atoms with van der Waals surface area (Å²) in [6.45, 7) is -3.08. The minimum Gasteiger partial charge on any atom is -0.379 e. The van der Waals surface area contributed by atoms with Gasteiger partial charge in [0.15, 0.2) is 18.0 Å². The number of aliphatic hydroxyl groups is 1. The highest BCUT2D eigenvalue weighted by molar-refractivity contribution is 7.71. The summed E-state index contributed by atoms with van der Waals surface area (Å²) in [6, 6.07) is 1.14. The molecule has 2 rings (SSSR count). The molecule has 0 spiro atoms. The molecule has 6 atom stereocenters. The number of aromatic amines is 1. The summed E-state index contributed by atoms with van der Waals surface area (Å²) in [5.74, 6) is 0. The van der Waals surface area contributed by atoms with Crippen LogP contribution in [0.25, 0.3) is 0 Å². The van der Waals surface area contributed by atoms with Gasteiger partial charge in [0.1, 0.15) is 17.4 Å². The molecule has 1 saturated heterocycles. The fourth-order valence-corrected chi connectivity index (χ4v) is 5.64. The van der Waals surface area contributed by atoms with Crippen molar-refractivity contribution in [2.24, 2.45) is 0 Å². The molecule has 1 aliphatic heterocycles. The second-order valence-electron chi connectivity index (χ2n) is 5.96. The monoisotopic (exact) mass is 534 g/mol. The zero-order valence-electron chi connectivity index (χ0n) is 14.8. The van der Waals surface area contributed by atoms with Crippen molar-refractivity contribution in [3.05, 3.63) is 27.4 Å². The van der Waals surface area contributed by atoms with Crippen LogP contribution in [0.4, 0.5) is 8.78 Å². The van der Waals surface area contributed by atoms with Crippen LogP contribution < -0.4 is 5.69 Å². The molecular weight excluding hydrogens is 519 g/mol. The summed E-state index contributed by atoms with van der Waals surface area (Å²) in [7, 11) is -17.1. The summed E-state index contributed by atoms with van der Waals surface area (Å²) in [5, 5.41) is 10.3. The van der Waals surface area contributed by atoms with Crippen LogP contribution >= 0.6 is 35.7 Å². The number of hydrogen-bond acceptors (Lipinski definition) is 10. The summed E-state index contributed by atoms with van der Waals surface area (Å²) in [6.07, 6.45) is -5.68. The highest BCUT2D eigenvalue weighted by atomic mass is 32.1. The van der Waals surface area contributed by atoms with Gasteiger partial charge in [-0.15, -0.1) is 0 Å². The SMILES string of the molecule is O=c1[nH]c(=S)ccn1[C@@H]1O[C@H](COP(=O)(O)OP(=O)(O)OP(=O)(O)O)C(F)[C@]1(O)CF. The van der Waals surface area contributed by atoms with Gasteiger partial charge in [-0.25, -0.2) is 27.3 Å². The van der Waals surface area contributed by atoms with Gasteiger partial charge in [-0.3, -0.25) is 14.1 Å². The molecule has 3 unspecified atom stereocenters. The third-order valence-electron chi connectivity index (χ3n) is 3.67. The van der Waals surface area contributed by atoms with E-state index in [0.717, 1.165) is 12.3 Å². The van der Waals surface area contributed by atoms with Crippen molar-refractivity contribution in [3.63, 3.8) is 0 Å². The number of nitrogens with one attached hydrogen (secondary N) is 1. The first kappa shape index (κ1) is 26.5. The molecule has 0 aromatic carbocycles. The van der Waals surface area contributed by atoms with E-state index in [2.05, 4.69) is 18.1 Å². The highest BCUT2D eigenvalue weighted by Gasteiger charge is 2.58. The predicted octanol–water partition coefficient (Wildman–Crippen LogP) is 0.185. The molecule has 1 fully saturated rings. The van der Waals surface area contributed by atoms with E-state index in [1.807, 2.05) is 0 Å². The van der Waals surface area contributed by atoms with Crippen LogP contribution in [-0.4, -0.2) is 65.4 Å². The van der Waals surface area contributed by atoms with Gasteiger partial charge in [0.25, 0.3) is 0 Å². The summed E-state index contributed by atoms with van der Waals surface area (Å²) in [4.78, 5) is 49.4. The third kappa shape index (κ3) is 6.65. The first-order valence-corrected chi connectivity index (χ1v) is 12.6. The topological polar surface area (TPSA) is 227 Å². The number of phosphoric ester groups is 1. The van der Waals surface area contributed by atoms with Gasteiger partial charge in [0.05, 0.1) is 6.61 Å². The number of alkyl halides is 2. The Labute approximate surface area is 175 Å². The van der Waals surface area contributed by atoms with Crippen LogP contribution in [0.1, 0.15) is 6.23 Å². The van der Waals surface area contributed by atoms with E-state index in [4.69, 9.17) is 31.6 Å². The van der Waals surface area contributed by atoms with Crippen molar-refractivity contribution >= 4 is 35.7 Å². The summed E-state index contributed by atoms with van der Waals surface area (Å²) >= 11 is 4.71. The maximum Gasteiger partial charge on any atom is 0.490 e. The Kier molecular flexibility index (Phi) is 7.94. The lowest BCUT2D eigenvalue weighted by molar-refractivity contribution is -0.113. The van der Waals surface area contributed by atoms with E-state index in [1.54, 1.807) is 0 Å². The molecule has 0 bridgehead atoms. The molecule has 6 N–H and O–H groups in total. The molecule has 21 heteroatoms. The van der Waals surface area contributed by atoms with Gasteiger partial charge in [-0.2, -0.15) is 8.62 Å². The number of ether oxygens (including phenoxy) is 1. The molecule has 15 nitrogen and oxygen atoms in total. The van der Waals surface area contributed by atoms with Crippen molar-refractivity contribution < 1.29 is 65.0 Å². The van der Waals surface area contributed by atoms with E-state index in [0.29, 0.717) is 4.57 Å². The van der Waals surface area contributed by atoms with E-state index in [9.17, 15) is 37.3 Å². The Morgan fingerprint density at radius 2 is 1.84 bits per heavy atom. The average molecular weight is 534 g/mol. The lowest BCUT2D eigenvalue weighted by atomic mass is 9.97. The number of hydrogen-bond donors (Lipinski definition) is 6. The third-order valence-corrected chi connectivity index (χ3v) is 7.71. The number of aromatic nitrogens is 2. The molecule has 0 saturated carbocycles. The number of H-pyrrole nitrogens is 1. The fraction of sp³-hybridized carbons (Fsp3) is 0.600. The highest BCUT2D eigenvalue weighted by Crippen LogP contribution is 2.66. The maximum absolute atomic E-state index is 14.6. The number of phosphoric acid groups is 3. The first-order valence-electron chi connectivity index (χ1n) is 7.67. The normalized spacial score (nSPS) is 30.6. The largest absolute Gasteiger partial charge is 0.490 e. The Balaban J connectivity index is 2.18. The van der Waals surface area contributed by atoms with Crippen LogP contribution in [0.3, 0.4) is 0 Å². The van der Waals surface area contributed by atoms with Crippen molar-refractivity contribution in [2.45, 2.75) is 24.1 Å². The second kappa shape index (κ2) is 9.27. The molecule has 0 amide bonds. The van der Waals surface area contributed by atoms with Crippen LogP contribution in [0.5, 0.6) is 0 Å². The van der Waals surface area contributed by atoms with Crippen molar-refractivity contribution in [1.29, 1.82) is 0 Å². The second-order valence-corrected chi connectivity index (χ2v) is 10.8. The fourth-order valence-electron chi connectivity index (χ4n) is 2.46. The Morgan fingerprint density at radius 1 is 1.23 bits per heavy atom. The Hall–Kier alpha value is -0.710. The molecule has 0 aliphatic carbocycles. The van der Waals surface area contributed by atoms with Crippen molar-refractivity contribution in [3.8, 4) is 0 Å². The van der Waals surface area contributed by atoms with Gasteiger partial charge >= 0.3 is 29.2 Å². The van der Waals surface area contributed by atoms with E-state index < -0.39 is 66.5 Å². The first-order chi connectivity index (χ1) is 14.0. The average Bonchev–Trinajstić information content (AvgIpc) is 2.82. The van der Waals surface area contributed by atoms with Crippen LogP contribution in [0.15, 0.2) is 17.1 Å². The quantitative estimate of drug-likeness (QED) is 0.184. The molecular formula is C10H15F2N2O13P3S. The van der Waals surface area contributed by atoms with Gasteiger partial charge in [-0.1, -0.05) is 12.2 Å². The number of nitrogens with zero attached hydrogens (tertiary/aromatic N) is 1. The standard InChI is InChI=1S/C10H15F2N2O13P3S/c11-4-10(16)7(12)5(25-8(10)14-2-1-6(31)13-9(14)15)3-24-29(20,21)27-30(22,23)26-28(17,18)19/h1-2,5,7-8,16H,3-4H2,(H,20,21)(H,22,23)(H,13,15,31)(H2,17,18,19)/t5-,7?,8-,10-/m1/s1. The molecule has 2 heterocycles. The molecule has 31 heavy (non-hydrogen) atoms. The maximum atomic E-state index is 14.6. The Bertz CT molecular complexity index is 1080. The minimum absolute atomic E-state index is 0.0379. The summed E-state index contributed by atoms with van der Waals surface area (Å²) < 4.78 is 78.4. The molecule has 1 aliphatic rings. The van der Waals surface area contributed by atoms with Crippen LogP contribution in [0, 0.1) is 4.64 Å². The zero-order valence-corrected chi connectivity index (χ0v) is 18.3. The van der Waals surface area contributed by atoms with Gasteiger partial charge < -0.3 is 29.4 Å². The van der Waals surface area contributed by atoms with E-state index in [1.165, 1.54) is 0 Å². The molecule has 0 radical (unpaired) electrons. The molecule has 1 aromatic rings. The van der Waals surface area contributed by atoms with Gasteiger partial charge in [0, 0.05) is 6.20 Å². The smallest absolute Gasteiger partial charge is 0.379 e. The molecule has 178 valence electrons. The van der Waals surface area contributed by atoms with E-state index in [-0.39, 0.29) is 4.64 Å². The lowest BCUT2D eigenvalue weighted by Crippen LogP contribution is -2.48. The van der Waals surface area contributed by atoms with E-state index >= 15 is 0 Å². The predicted molar refractivity (Wildman–Crippen MR) is 95.4 cm³/mol. The van der Waals surface area contributed by atoms with Gasteiger partial charge in [0.2, 0.25) is 0 Å². The van der Waals surface area contributed by atoms with Crippen LogP contribution in [0.2, 0.25) is 0 Å².